The average molecular weight is 480 g/mol. The molecule has 1 aromatic heterocycles. The van der Waals surface area contributed by atoms with E-state index in [1.54, 1.807) is 13.3 Å². The maximum absolute atomic E-state index is 13.8. The molecule has 34 heavy (non-hydrogen) atoms. The van der Waals surface area contributed by atoms with E-state index in [2.05, 4.69) is 29.5 Å². The van der Waals surface area contributed by atoms with Crippen LogP contribution in [0.2, 0.25) is 0 Å². The number of rotatable bonds is 10. The number of ether oxygens (including phenoxy) is 2. The molecule has 1 amide bonds. The van der Waals surface area contributed by atoms with Gasteiger partial charge in [-0.25, -0.2) is 9.97 Å². The van der Waals surface area contributed by atoms with Crippen LogP contribution in [0, 0.1) is 11.8 Å². The minimum atomic E-state index is -0.276. The van der Waals surface area contributed by atoms with Crippen molar-refractivity contribution in [2.24, 2.45) is 11.8 Å². The highest BCUT2D eigenvalue weighted by molar-refractivity contribution is 5.98. The molecule has 0 aliphatic carbocycles. The molecule has 0 spiro atoms. The molecule has 0 bridgehead atoms. The van der Waals surface area contributed by atoms with Crippen LogP contribution in [0.15, 0.2) is 6.20 Å². The molecule has 1 fully saturated rings. The van der Waals surface area contributed by atoms with Gasteiger partial charge in [0, 0.05) is 57.5 Å². The highest BCUT2D eigenvalue weighted by Gasteiger charge is 2.35. The zero-order valence-corrected chi connectivity index (χ0v) is 21.2. The van der Waals surface area contributed by atoms with Crippen LogP contribution in [-0.2, 0) is 19.7 Å². The lowest BCUT2D eigenvalue weighted by atomic mass is 9.93. The number of esters is 1. The minimum Gasteiger partial charge on any atom is -0.469 e. The Morgan fingerprint density at radius 3 is 2.56 bits per heavy atom. The van der Waals surface area contributed by atoms with Gasteiger partial charge in [-0.15, -0.1) is 0 Å². The first kappa shape index (κ1) is 29.8. The van der Waals surface area contributed by atoms with E-state index in [-0.39, 0.29) is 42.6 Å². The molecule has 2 N–H and O–H groups in total. The van der Waals surface area contributed by atoms with Gasteiger partial charge >= 0.3 is 5.97 Å². The van der Waals surface area contributed by atoms with Crippen molar-refractivity contribution in [3.8, 4) is 0 Å². The maximum Gasteiger partial charge on any atom is 0.310 e. The van der Waals surface area contributed by atoms with E-state index >= 15 is 0 Å². The molecule has 2 heterocycles. The van der Waals surface area contributed by atoms with Crippen LogP contribution in [-0.4, -0.2) is 79.8 Å². The second kappa shape index (κ2) is 13.6. The van der Waals surface area contributed by atoms with Gasteiger partial charge < -0.3 is 25.0 Å². The summed E-state index contributed by atoms with van der Waals surface area (Å²) in [6.45, 7) is 13.3. The lowest BCUT2D eigenvalue weighted by Gasteiger charge is -2.38. The van der Waals surface area contributed by atoms with E-state index in [1.165, 1.54) is 7.11 Å². The molecule has 0 aromatic carbocycles. The quantitative estimate of drug-likeness (QED) is 0.390. The van der Waals surface area contributed by atoms with Crippen molar-refractivity contribution in [2.45, 2.75) is 66.3 Å². The first-order chi connectivity index (χ1) is 15.6. The summed E-state index contributed by atoms with van der Waals surface area (Å²) in [7, 11) is 3.07. The second-order valence-corrected chi connectivity index (χ2v) is 10.1. The van der Waals surface area contributed by atoms with Gasteiger partial charge in [0.05, 0.1) is 13.0 Å². The van der Waals surface area contributed by atoms with Crippen LogP contribution in [0.5, 0.6) is 0 Å². The Kier molecular flexibility index (Phi) is 11.9. The first-order valence-electron chi connectivity index (χ1n) is 11.8. The summed E-state index contributed by atoms with van der Waals surface area (Å²) in [5, 5.41) is 6.62. The molecule has 2 atom stereocenters. The monoisotopic (exact) mass is 479 g/mol. The van der Waals surface area contributed by atoms with E-state index in [9.17, 15) is 9.59 Å². The lowest BCUT2D eigenvalue weighted by Crippen LogP contribution is -2.53. The fourth-order valence-electron chi connectivity index (χ4n) is 3.91. The van der Waals surface area contributed by atoms with Crippen molar-refractivity contribution in [2.75, 3.05) is 52.3 Å². The zero-order valence-electron chi connectivity index (χ0n) is 21.2. The molecule has 194 valence electrons. The molecule has 1 aliphatic rings. The van der Waals surface area contributed by atoms with Gasteiger partial charge in [0.15, 0.2) is 0 Å². The summed E-state index contributed by atoms with van der Waals surface area (Å²) in [6.07, 6.45) is 2.99. The van der Waals surface area contributed by atoms with E-state index in [0.717, 1.165) is 6.42 Å². The zero-order chi connectivity index (χ0) is 24.6. The van der Waals surface area contributed by atoms with Crippen molar-refractivity contribution in [1.29, 1.82) is 0 Å². The Morgan fingerprint density at radius 1 is 1.26 bits per heavy atom. The summed E-state index contributed by atoms with van der Waals surface area (Å²) in [6, 6.07) is -0.124. The van der Waals surface area contributed by atoms with Gasteiger partial charge in [-0.1, -0.05) is 42.0 Å². The number of carbonyl (C=O) groups is 2. The molecule has 0 unspecified atom stereocenters. The number of hydrogen-bond acceptors (Lipinski definition) is 8. The molecule has 9 nitrogen and oxygen atoms in total. The molecule has 1 aliphatic heterocycles. The normalized spacial score (nSPS) is 18.2. The molecule has 2 rings (SSSR count). The molecular weight excluding hydrogens is 434 g/mol. The van der Waals surface area contributed by atoms with Crippen LogP contribution in [0.4, 0.5) is 5.82 Å². The molecule has 1 aromatic rings. The summed E-state index contributed by atoms with van der Waals surface area (Å²) >= 11 is 0. The fraction of sp³-hybridized carbons (Fsp3) is 0.760. The van der Waals surface area contributed by atoms with Crippen molar-refractivity contribution in [3.63, 3.8) is 0 Å². The summed E-state index contributed by atoms with van der Waals surface area (Å²) in [5.41, 5.74) is 0.199. The minimum absolute atomic E-state index is 0. The van der Waals surface area contributed by atoms with E-state index < -0.39 is 0 Å². The number of piperidine rings is 1. The van der Waals surface area contributed by atoms with Crippen LogP contribution in [0.25, 0.3) is 0 Å². The number of anilines is 1. The Hall–Kier alpha value is -2.26. The standard InChI is InChI=1S/C24H41N5O4.CH4/c1-16(2)15-29(18-11-17(12-25-13-18)22(31)33-7)21(30)19-14-27-23(24(3,4)5)28-20(19)26-9-8-10-32-6;/h14,16-18,25H,8-13,15H2,1-7H3,(H,26,27,28);1H4/t17-,18+;/m1./s1. The molecule has 1 saturated heterocycles. The van der Waals surface area contributed by atoms with Crippen molar-refractivity contribution in [3.05, 3.63) is 17.6 Å². The van der Waals surface area contributed by atoms with Crippen molar-refractivity contribution in [1.82, 2.24) is 20.2 Å². The van der Waals surface area contributed by atoms with Crippen molar-refractivity contribution < 1.29 is 19.1 Å². The highest BCUT2D eigenvalue weighted by atomic mass is 16.5. The number of nitrogens with zero attached hydrogens (tertiary/aromatic N) is 3. The highest BCUT2D eigenvalue weighted by Crippen LogP contribution is 2.25. The number of aromatic nitrogens is 2. The maximum atomic E-state index is 13.8. The van der Waals surface area contributed by atoms with Gasteiger partial charge in [-0.2, -0.15) is 0 Å². The second-order valence-electron chi connectivity index (χ2n) is 10.1. The number of nitrogens with one attached hydrogen (secondary N) is 2. The fourth-order valence-corrected chi connectivity index (χ4v) is 3.91. The first-order valence-corrected chi connectivity index (χ1v) is 11.8. The van der Waals surface area contributed by atoms with E-state index in [4.69, 9.17) is 14.5 Å². The summed E-state index contributed by atoms with van der Waals surface area (Å²) in [5.74, 6) is 0.827. The lowest BCUT2D eigenvalue weighted by molar-refractivity contribution is -0.146. The van der Waals surface area contributed by atoms with Gasteiger partial charge in [-0.3, -0.25) is 9.59 Å². The molecule has 0 radical (unpaired) electrons. The predicted octanol–water partition coefficient (Wildman–Crippen LogP) is 3.11. The summed E-state index contributed by atoms with van der Waals surface area (Å²) in [4.78, 5) is 37.1. The van der Waals surface area contributed by atoms with E-state index in [0.29, 0.717) is 56.4 Å². The van der Waals surface area contributed by atoms with Gasteiger partial charge in [0.1, 0.15) is 17.2 Å². The van der Waals surface area contributed by atoms with Crippen LogP contribution >= 0.6 is 0 Å². The summed E-state index contributed by atoms with van der Waals surface area (Å²) < 4.78 is 10.1. The number of methoxy groups -OCH3 is 2. The Labute approximate surface area is 205 Å². The third-order valence-corrected chi connectivity index (χ3v) is 5.63. The SMILES string of the molecule is C.COCCCNc1nc(C(C)(C)C)ncc1C(=O)N(CC(C)C)[C@@H]1CNC[C@H](C(=O)OC)C1. The topological polar surface area (TPSA) is 106 Å². The average Bonchev–Trinajstić information content (AvgIpc) is 2.78. The van der Waals surface area contributed by atoms with Crippen LogP contribution < -0.4 is 10.6 Å². The number of carbonyl (C=O) groups excluding carboxylic acids is 2. The van der Waals surface area contributed by atoms with Crippen LogP contribution in [0.1, 0.15) is 71.1 Å². The third kappa shape index (κ3) is 8.20. The Bertz CT molecular complexity index is 794. The largest absolute Gasteiger partial charge is 0.469 e. The third-order valence-electron chi connectivity index (χ3n) is 5.63. The van der Waals surface area contributed by atoms with Gasteiger partial charge in [0.25, 0.3) is 5.91 Å². The van der Waals surface area contributed by atoms with Gasteiger partial charge in [-0.05, 0) is 18.8 Å². The number of hydrogen-bond donors (Lipinski definition) is 2. The van der Waals surface area contributed by atoms with Crippen molar-refractivity contribution >= 4 is 17.7 Å². The number of amides is 1. The molecular formula is C25H45N5O4. The van der Waals surface area contributed by atoms with Crippen LogP contribution in [0.3, 0.4) is 0 Å². The molecule has 9 heteroatoms. The Morgan fingerprint density at radius 2 is 1.97 bits per heavy atom. The predicted molar refractivity (Wildman–Crippen MR) is 135 cm³/mol. The smallest absolute Gasteiger partial charge is 0.310 e. The molecule has 0 saturated carbocycles. The van der Waals surface area contributed by atoms with E-state index in [1.807, 2.05) is 25.7 Å². The van der Waals surface area contributed by atoms with Gasteiger partial charge in [0.2, 0.25) is 0 Å². The Balaban J connectivity index is 0.00000578.